The van der Waals surface area contributed by atoms with Crippen LogP contribution in [0.25, 0.3) is 0 Å². The Labute approximate surface area is 151 Å². The minimum atomic E-state index is -0.0788. The molecule has 3 rings (SSSR count). The summed E-state index contributed by atoms with van der Waals surface area (Å²) >= 11 is 1.43. The molecule has 1 aliphatic heterocycles. The van der Waals surface area contributed by atoms with Crippen molar-refractivity contribution in [3.8, 4) is 5.75 Å². The van der Waals surface area contributed by atoms with Crippen LogP contribution in [-0.2, 0) is 4.74 Å². The van der Waals surface area contributed by atoms with Crippen molar-refractivity contribution in [1.82, 2.24) is 9.88 Å². The number of nitrogens with zero attached hydrogens (tertiary/aromatic N) is 2. The molecule has 134 valence electrons. The second-order valence-corrected chi connectivity index (χ2v) is 6.69. The maximum Gasteiger partial charge on any atom is 0.273 e. The van der Waals surface area contributed by atoms with Gasteiger partial charge in [-0.15, -0.1) is 11.3 Å². The molecule has 1 amide bonds. The van der Waals surface area contributed by atoms with E-state index in [1.54, 1.807) is 17.3 Å². The van der Waals surface area contributed by atoms with Gasteiger partial charge in [-0.3, -0.25) is 4.79 Å². The summed E-state index contributed by atoms with van der Waals surface area (Å²) < 4.78 is 11.4. The molecule has 0 spiro atoms. The number of aromatic nitrogens is 1. The molecule has 1 N–H and O–H groups in total. The Morgan fingerprint density at radius 1 is 1.44 bits per heavy atom. The fourth-order valence-electron chi connectivity index (χ4n) is 2.75. The van der Waals surface area contributed by atoms with Crippen molar-refractivity contribution in [1.29, 1.82) is 0 Å². The van der Waals surface area contributed by atoms with Crippen molar-refractivity contribution in [2.24, 2.45) is 0 Å². The molecule has 0 radical (unpaired) electrons. The summed E-state index contributed by atoms with van der Waals surface area (Å²) in [6.45, 7) is 2.28. The van der Waals surface area contributed by atoms with Crippen molar-refractivity contribution in [2.45, 2.75) is 18.9 Å². The van der Waals surface area contributed by atoms with Gasteiger partial charge >= 0.3 is 0 Å². The maximum atomic E-state index is 12.8. The predicted molar refractivity (Wildman–Crippen MR) is 98.5 cm³/mol. The number of hydrogen-bond acceptors (Lipinski definition) is 6. The van der Waals surface area contributed by atoms with Crippen molar-refractivity contribution >= 4 is 22.4 Å². The van der Waals surface area contributed by atoms with E-state index in [1.807, 2.05) is 30.3 Å². The Bertz CT molecular complexity index is 671. The van der Waals surface area contributed by atoms with E-state index in [9.17, 15) is 4.79 Å². The van der Waals surface area contributed by atoms with Gasteiger partial charge in [-0.1, -0.05) is 18.2 Å². The quantitative estimate of drug-likeness (QED) is 0.783. The van der Waals surface area contributed by atoms with Gasteiger partial charge in [-0.25, -0.2) is 4.98 Å². The predicted octanol–water partition coefficient (Wildman–Crippen LogP) is 2.89. The lowest BCUT2D eigenvalue weighted by molar-refractivity contribution is 0.0490. The lowest BCUT2D eigenvalue weighted by Gasteiger charge is -2.24. The van der Waals surface area contributed by atoms with Crippen LogP contribution >= 0.6 is 11.3 Å². The molecule has 1 aliphatic rings. The molecule has 1 fully saturated rings. The molecule has 0 saturated carbocycles. The molecule has 25 heavy (non-hydrogen) atoms. The van der Waals surface area contributed by atoms with Crippen molar-refractivity contribution < 1.29 is 14.3 Å². The van der Waals surface area contributed by atoms with Gasteiger partial charge in [0.1, 0.15) is 18.1 Å². The first kappa shape index (κ1) is 17.7. The molecule has 1 aromatic heterocycles. The molecule has 2 heterocycles. The summed E-state index contributed by atoms with van der Waals surface area (Å²) in [7, 11) is 1.80. The first-order valence-electron chi connectivity index (χ1n) is 8.48. The molecule has 1 saturated heterocycles. The summed E-state index contributed by atoms with van der Waals surface area (Å²) in [5, 5.41) is 5.49. The molecule has 0 bridgehead atoms. The summed E-state index contributed by atoms with van der Waals surface area (Å²) in [6, 6.07) is 9.62. The van der Waals surface area contributed by atoms with Gasteiger partial charge in [0.15, 0.2) is 5.13 Å². The van der Waals surface area contributed by atoms with E-state index in [1.165, 1.54) is 11.3 Å². The summed E-state index contributed by atoms with van der Waals surface area (Å²) in [6.07, 6.45) is 2.14. The van der Waals surface area contributed by atoms with Crippen LogP contribution in [0.4, 0.5) is 5.13 Å². The van der Waals surface area contributed by atoms with Crippen molar-refractivity contribution in [3.05, 3.63) is 41.4 Å². The van der Waals surface area contributed by atoms with E-state index in [-0.39, 0.29) is 12.0 Å². The number of anilines is 1. The normalized spacial score (nSPS) is 16.6. The number of hydrogen-bond donors (Lipinski definition) is 1. The highest BCUT2D eigenvalue weighted by Crippen LogP contribution is 2.19. The molecule has 0 unspecified atom stereocenters. The number of para-hydroxylation sites is 1. The van der Waals surface area contributed by atoms with E-state index < -0.39 is 0 Å². The van der Waals surface area contributed by atoms with Gasteiger partial charge in [0.2, 0.25) is 0 Å². The highest BCUT2D eigenvalue weighted by molar-refractivity contribution is 7.13. The fourth-order valence-corrected chi connectivity index (χ4v) is 3.39. The number of thiazole rings is 1. The standard InChI is InChI=1S/C18H23N3O3S/c1-19-18-20-16(13-25-18)17(22)21(12-15-8-5-10-23-15)9-11-24-14-6-3-2-4-7-14/h2-4,6-7,13,15H,5,8-12H2,1H3,(H,19,20)/t15-/m1/s1. The van der Waals surface area contributed by atoms with Gasteiger partial charge in [0, 0.05) is 25.6 Å². The minimum absolute atomic E-state index is 0.0788. The number of rotatable bonds is 8. The van der Waals surface area contributed by atoms with Gasteiger partial charge in [-0.2, -0.15) is 0 Å². The SMILES string of the molecule is CNc1nc(C(=O)N(CCOc2ccccc2)C[C@H]2CCCO2)cs1. The topological polar surface area (TPSA) is 63.7 Å². The Hall–Kier alpha value is -2.12. The average molecular weight is 361 g/mol. The lowest BCUT2D eigenvalue weighted by Crippen LogP contribution is -2.40. The number of amides is 1. The van der Waals surface area contributed by atoms with Crippen molar-refractivity contribution in [2.75, 3.05) is 38.7 Å². The van der Waals surface area contributed by atoms with Crippen LogP contribution in [-0.4, -0.2) is 55.2 Å². The summed E-state index contributed by atoms with van der Waals surface area (Å²) in [5.74, 6) is 0.725. The molecule has 6 nitrogen and oxygen atoms in total. The zero-order valence-electron chi connectivity index (χ0n) is 14.3. The largest absolute Gasteiger partial charge is 0.492 e. The first-order chi connectivity index (χ1) is 12.3. The summed E-state index contributed by atoms with van der Waals surface area (Å²) in [5.41, 5.74) is 0.465. The van der Waals surface area contributed by atoms with Crippen LogP contribution in [0.2, 0.25) is 0 Å². The zero-order chi connectivity index (χ0) is 17.5. The highest BCUT2D eigenvalue weighted by atomic mass is 32.1. The molecule has 2 aromatic rings. The second-order valence-electron chi connectivity index (χ2n) is 5.84. The van der Waals surface area contributed by atoms with Crippen molar-refractivity contribution in [3.63, 3.8) is 0 Å². The van der Waals surface area contributed by atoms with Crippen LogP contribution < -0.4 is 10.1 Å². The lowest BCUT2D eigenvalue weighted by atomic mass is 10.2. The second kappa shape index (κ2) is 8.82. The van der Waals surface area contributed by atoms with Crippen LogP contribution in [0, 0.1) is 0 Å². The van der Waals surface area contributed by atoms with E-state index in [4.69, 9.17) is 9.47 Å². The number of nitrogens with one attached hydrogen (secondary N) is 1. The number of carbonyl (C=O) groups excluding carboxylic acids is 1. The zero-order valence-corrected chi connectivity index (χ0v) is 15.1. The average Bonchev–Trinajstić information content (AvgIpc) is 3.33. The molecule has 7 heteroatoms. The maximum absolute atomic E-state index is 12.8. The first-order valence-corrected chi connectivity index (χ1v) is 9.36. The number of benzene rings is 1. The molecule has 0 aliphatic carbocycles. The highest BCUT2D eigenvalue weighted by Gasteiger charge is 2.24. The monoisotopic (exact) mass is 361 g/mol. The third kappa shape index (κ3) is 4.93. The third-order valence-corrected chi connectivity index (χ3v) is 4.91. The Morgan fingerprint density at radius 3 is 2.96 bits per heavy atom. The van der Waals surface area contributed by atoms with E-state index in [2.05, 4.69) is 10.3 Å². The molecular formula is C18H23N3O3S. The van der Waals surface area contributed by atoms with Crippen LogP contribution in [0.15, 0.2) is 35.7 Å². The van der Waals surface area contributed by atoms with Gasteiger partial charge in [0.05, 0.1) is 12.6 Å². The van der Waals surface area contributed by atoms with E-state index >= 15 is 0 Å². The third-order valence-electron chi connectivity index (χ3n) is 4.05. The Morgan fingerprint density at radius 2 is 2.28 bits per heavy atom. The number of carbonyl (C=O) groups is 1. The van der Waals surface area contributed by atoms with Crippen LogP contribution in [0.1, 0.15) is 23.3 Å². The van der Waals surface area contributed by atoms with E-state index in [0.29, 0.717) is 25.4 Å². The van der Waals surface area contributed by atoms with E-state index in [0.717, 1.165) is 30.3 Å². The minimum Gasteiger partial charge on any atom is -0.492 e. The Balaban J connectivity index is 1.62. The van der Waals surface area contributed by atoms with Gasteiger partial charge < -0.3 is 19.7 Å². The molecule has 1 atom stereocenters. The van der Waals surface area contributed by atoms with Gasteiger partial charge in [0.25, 0.3) is 5.91 Å². The van der Waals surface area contributed by atoms with Crippen LogP contribution in [0.5, 0.6) is 5.75 Å². The summed E-state index contributed by atoms with van der Waals surface area (Å²) in [4.78, 5) is 18.9. The molecular weight excluding hydrogens is 338 g/mol. The van der Waals surface area contributed by atoms with Gasteiger partial charge in [-0.05, 0) is 25.0 Å². The number of ether oxygens (including phenoxy) is 2. The smallest absolute Gasteiger partial charge is 0.273 e. The fraction of sp³-hybridized carbons (Fsp3) is 0.444. The van der Waals surface area contributed by atoms with Crippen LogP contribution in [0.3, 0.4) is 0 Å². The Kier molecular flexibility index (Phi) is 6.25. The molecule has 1 aromatic carbocycles.